The van der Waals surface area contributed by atoms with Crippen LogP contribution in [0.4, 0.5) is 11.9 Å². The molecule has 0 saturated carbocycles. The van der Waals surface area contributed by atoms with Crippen LogP contribution in [0.25, 0.3) is 21.9 Å². The van der Waals surface area contributed by atoms with Crippen molar-refractivity contribution < 1.29 is 0 Å². The summed E-state index contributed by atoms with van der Waals surface area (Å²) >= 11 is 3.45. The third-order valence-electron chi connectivity index (χ3n) is 3.55. The number of para-hydroxylation sites is 2. The summed E-state index contributed by atoms with van der Waals surface area (Å²) in [7, 11) is 1.97. The number of nitrogens with zero attached hydrogens (tertiary/aromatic N) is 4. The Kier molecular flexibility index (Phi) is 3.04. The van der Waals surface area contributed by atoms with E-state index >= 15 is 0 Å². The van der Waals surface area contributed by atoms with Crippen LogP contribution in [0.5, 0.6) is 0 Å². The van der Waals surface area contributed by atoms with Crippen LogP contribution in [0.15, 0.2) is 53.1 Å². The van der Waals surface area contributed by atoms with Gasteiger partial charge in [-0.1, -0.05) is 28.1 Å². The number of fused-ring (bicyclic) bond motifs is 2. The second-order valence-electron chi connectivity index (χ2n) is 5.00. The first-order chi connectivity index (χ1) is 10.7. The van der Waals surface area contributed by atoms with Gasteiger partial charge in [0.05, 0.1) is 16.6 Å². The number of rotatable bonds is 2. The predicted octanol–water partition coefficient (Wildman–Crippen LogP) is 4.02. The number of nitrogens with one attached hydrogen (secondary N) is 1. The van der Waals surface area contributed by atoms with E-state index in [0.717, 1.165) is 32.4 Å². The molecule has 1 N–H and O–H groups in total. The van der Waals surface area contributed by atoms with Crippen molar-refractivity contribution in [2.45, 2.75) is 0 Å². The second kappa shape index (κ2) is 5.06. The van der Waals surface area contributed by atoms with Crippen molar-refractivity contribution in [3.8, 4) is 0 Å². The number of imidazole rings is 1. The Labute approximate surface area is 135 Å². The summed E-state index contributed by atoms with van der Waals surface area (Å²) in [4.78, 5) is 13.5. The van der Waals surface area contributed by atoms with Crippen LogP contribution < -0.4 is 5.32 Å². The summed E-state index contributed by atoms with van der Waals surface area (Å²) in [6.45, 7) is 0. The molecule has 5 nitrogen and oxygen atoms in total. The van der Waals surface area contributed by atoms with Crippen LogP contribution in [0.1, 0.15) is 0 Å². The summed E-state index contributed by atoms with van der Waals surface area (Å²) in [6.07, 6.45) is 1.80. The Bertz CT molecular complexity index is 992. The van der Waals surface area contributed by atoms with Gasteiger partial charge in [-0.15, -0.1) is 0 Å². The molecule has 2 aromatic carbocycles. The number of halogens is 1. The molecule has 108 valence electrons. The average molecular weight is 354 g/mol. The van der Waals surface area contributed by atoms with E-state index in [9.17, 15) is 0 Å². The zero-order chi connectivity index (χ0) is 15.1. The molecule has 0 aliphatic rings. The van der Waals surface area contributed by atoms with Gasteiger partial charge in [0.1, 0.15) is 0 Å². The van der Waals surface area contributed by atoms with Crippen molar-refractivity contribution >= 4 is 49.8 Å². The predicted molar refractivity (Wildman–Crippen MR) is 91.2 cm³/mol. The van der Waals surface area contributed by atoms with E-state index in [4.69, 9.17) is 0 Å². The normalized spacial score (nSPS) is 11.2. The molecule has 0 atom stereocenters. The molecule has 0 radical (unpaired) electrons. The van der Waals surface area contributed by atoms with E-state index < -0.39 is 0 Å². The number of aromatic nitrogens is 4. The smallest absolute Gasteiger partial charge is 0.230 e. The van der Waals surface area contributed by atoms with Gasteiger partial charge in [0.2, 0.25) is 11.9 Å². The summed E-state index contributed by atoms with van der Waals surface area (Å²) in [5.41, 5.74) is 2.89. The molecular weight excluding hydrogens is 342 g/mol. The van der Waals surface area contributed by atoms with Gasteiger partial charge in [-0.2, -0.15) is 0 Å². The second-order valence-corrected chi connectivity index (χ2v) is 5.92. The van der Waals surface area contributed by atoms with E-state index in [-0.39, 0.29) is 0 Å². The molecule has 6 heteroatoms. The molecule has 0 aliphatic heterocycles. The molecule has 0 unspecified atom stereocenters. The van der Waals surface area contributed by atoms with Gasteiger partial charge in [-0.05, 0) is 30.3 Å². The van der Waals surface area contributed by atoms with Gasteiger partial charge in [-0.25, -0.2) is 15.0 Å². The van der Waals surface area contributed by atoms with E-state index in [1.165, 1.54) is 0 Å². The fourth-order valence-electron chi connectivity index (χ4n) is 2.42. The zero-order valence-corrected chi connectivity index (χ0v) is 13.4. The highest BCUT2D eigenvalue weighted by Crippen LogP contribution is 2.22. The lowest BCUT2D eigenvalue weighted by molar-refractivity contribution is 0.951. The third-order valence-corrected chi connectivity index (χ3v) is 4.05. The van der Waals surface area contributed by atoms with Crippen LogP contribution in [0, 0.1) is 0 Å². The number of hydrogen-bond donors (Lipinski definition) is 1. The third kappa shape index (κ3) is 2.21. The van der Waals surface area contributed by atoms with E-state index in [0.29, 0.717) is 5.95 Å². The van der Waals surface area contributed by atoms with Crippen molar-refractivity contribution in [3.63, 3.8) is 0 Å². The molecule has 0 fully saturated rings. The Balaban J connectivity index is 1.75. The van der Waals surface area contributed by atoms with E-state index in [2.05, 4.69) is 36.2 Å². The lowest BCUT2D eigenvalue weighted by Crippen LogP contribution is -2.02. The first-order valence-electron chi connectivity index (χ1n) is 6.81. The van der Waals surface area contributed by atoms with Crippen molar-refractivity contribution in [1.29, 1.82) is 0 Å². The summed E-state index contributed by atoms with van der Waals surface area (Å²) < 4.78 is 3.00. The van der Waals surface area contributed by atoms with E-state index in [1.807, 2.05) is 54.1 Å². The fourth-order valence-corrected chi connectivity index (χ4v) is 2.80. The van der Waals surface area contributed by atoms with Crippen molar-refractivity contribution in [1.82, 2.24) is 19.5 Å². The van der Waals surface area contributed by atoms with Crippen molar-refractivity contribution in [3.05, 3.63) is 53.1 Å². The van der Waals surface area contributed by atoms with Gasteiger partial charge >= 0.3 is 0 Å². The number of benzene rings is 2. The van der Waals surface area contributed by atoms with E-state index in [1.54, 1.807) is 6.20 Å². The largest absolute Gasteiger partial charge is 0.313 e. The maximum atomic E-state index is 4.57. The van der Waals surface area contributed by atoms with Crippen LogP contribution >= 0.6 is 15.9 Å². The zero-order valence-electron chi connectivity index (χ0n) is 11.8. The molecular formula is C16H12BrN5. The minimum absolute atomic E-state index is 0.535. The van der Waals surface area contributed by atoms with Crippen LogP contribution in [-0.2, 0) is 7.05 Å². The SMILES string of the molecule is Cn1c(Nc2ncc3cc(Br)ccc3n2)nc2ccccc21. The summed E-state index contributed by atoms with van der Waals surface area (Å²) in [5.74, 6) is 1.26. The molecule has 2 aromatic heterocycles. The van der Waals surface area contributed by atoms with Crippen LogP contribution in [0.2, 0.25) is 0 Å². The Morgan fingerprint density at radius 2 is 1.91 bits per heavy atom. The minimum Gasteiger partial charge on any atom is -0.313 e. The first kappa shape index (κ1) is 13.2. The minimum atomic E-state index is 0.535. The van der Waals surface area contributed by atoms with Gasteiger partial charge in [0.25, 0.3) is 0 Å². The molecule has 0 amide bonds. The summed E-state index contributed by atoms with van der Waals surface area (Å²) in [5, 5.41) is 4.18. The maximum Gasteiger partial charge on any atom is 0.230 e. The van der Waals surface area contributed by atoms with Gasteiger partial charge in [-0.3, -0.25) is 5.32 Å². The van der Waals surface area contributed by atoms with Gasteiger partial charge < -0.3 is 4.57 Å². The molecule has 22 heavy (non-hydrogen) atoms. The van der Waals surface area contributed by atoms with Gasteiger partial charge in [0, 0.05) is 23.1 Å². The lowest BCUT2D eigenvalue weighted by atomic mass is 10.2. The quantitative estimate of drug-likeness (QED) is 0.591. The average Bonchev–Trinajstić information content (AvgIpc) is 2.84. The van der Waals surface area contributed by atoms with Crippen molar-refractivity contribution in [2.24, 2.45) is 7.05 Å². The topological polar surface area (TPSA) is 55.6 Å². The summed E-state index contributed by atoms with van der Waals surface area (Å²) in [6, 6.07) is 13.9. The highest BCUT2D eigenvalue weighted by atomic mass is 79.9. The molecule has 0 aliphatic carbocycles. The Morgan fingerprint density at radius 1 is 1.05 bits per heavy atom. The molecule has 0 spiro atoms. The Morgan fingerprint density at radius 3 is 2.77 bits per heavy atom. The molecule has 2 heterocycles. The highest BCUT2D eigenvalue weighted by Gasteiger charge is 2.09. The monoisotopic (exact) mass is 353 g/mol. The number of hydrogen-bond acceptors (Lipinski definition) is 4. The van der Waals surface area contributed by atoms with Crippen molar-refractivity contribution in [2.75, 3.05) is 5.32 Å². The standard InChI is InChI=1S/C16H12BrN5/c1-22-14-5-3-2-4-13(14)20-16(22)21-15-18-9-10-8-11(17)6-7-12(10)19-15/h2-9H,1H3,(H,18,19,20,21). The molecule has 0 saturated heterocycles. The maximum absolute atomic E-state index is 4.57. The number of aryl methyl sites for hydroxylation is 1. The highest BCUT2D eigenvalue weighted by molar-refractivity contribution is 9.10. The first-order valence-corrected chi connectivity index (χ1v) is 7.61. The van der Waals surface area contributed by atoms with Crippen LogP contribution in [-0.4, -0.2) is 19.5 Å². The Hall–Kier alpha value is -2.47. The fraction of sp³-hybridized carbons (Fsp3) is 0.0625. The molecule has 4 rings (SSSR count). The van der Waals surface area contributed by atoms with Crippen LogP contribution in [0.3, 0.4) is 0 Å². The molecule has 0 bridgehead atoms. The van der Waals surface area contributed by atoms with Gasteiger partial charge in [0.15, 0.2) is 0 Å². The number of anilines is 2. The molecule has 4 aromatic rings. The lowest BCUT2D eigenvalue weighted by Gasteiger charge is -2.05.